The summed E-state index contributed by atoms with van der Waals surface area (Å²) in [5.41, 5.74) is 2.16. The zero-order chi connectivity index (χ0) is 18.5. The van der Waals surface area contributed by atoms with Crippen molar-refractivity contribution in [2.45, 2.75) is 17.2 Å². The van der Waals surface area contributed by atoms with Gasteiger partial charge in [-0.25, -0.2) is 4.98 Å². The van der Waals surface area contributed by atoms with Gasteiger partial charge in [0.25, 0.3) is 0 Å². The van der Waals surface area contributed by atoms with Gasteiger partial charge in [0.05, 0.1) is 23.3 Å². The van der Waals surface area contributed by atoms with E-state index in [0.717, 1.165) is 39.9 Å². The minimum Gasteiger partial charge on any atom is -0.492 e. The molecule has 3 nitrogen and oxygen atoms in total. The largest absolute Gasteiger partial charge is 0.492 e. The van der Waals surface area contributed by atoms with E-state index in [-0.39, 0.29) is 0 Å². The zero-order valence-corrected chi connectivity index (χ0v) is 16.3. The van der Waals surface area contributed by atoms with E-state index in [2.05, 4.69) is 22.8 Å². The Kier molecular flexibility index (Phi) is 5.66. The first-order chi connectivity index (χ1) is 13.3. The van der Waals surface area contributed by atoms with Crippen molar-refractivity contribution in [3.05, 3.63) is 89.7 Å². The number of thioether (sulfide) groups is 1. The third-order valence-electron chi connectivity index (χ3n) is 4.24. The maximum atomic E-state index is 5.98. The van der Waals surface area contributed by atoms with Crippen LogP contribution in [0.5, 0.6) is 5.75 Å². The highest BCUT2D eigenvalue weighted by atomic mass is 35.5. The van der Waals surface area contributed by atoms with Gasteiger partial charge in [0.15, 0.2) is 0 Å². The zero-order valence-electron chi connectivity index (χ0n) is 14.7. The first kappa shape index (κ1) is 18.0. The van der Waals surface area contributed by atoms with Crippen molar-refractivity contribution in [1.82, 2.24) is 9.55 Å². The van der Waals surface area contributed by atoms with Gasteiger partial charge in [-0.3, -0.25) is 0 Å². The topological polar surface area (TPSA) is 27.1 Å². The van der Waals surface area contributed by atoms with Crippen LogP contribution in [0.4, 0.5) is 0 Å². The van der Waals surface area contributed by atoms with Gasteiger partial charge in [-0.1, -0.05) is 41.9 Å². The van der Waals surface area contributed by atoms with Gasteiger partial charge in [-0.15, -0.1) is 11.8 Å². The standard InChI is InChI=1S/C22H19ClN2OS/c23-17-10-12-19(13-11-17)27-16-22-24-20-8-4-5-9-21(20)25(22)14-15-26-18-6-2-1-3-7-18/h1-13H,14-16H2. The minimum atomic E-state index is 0.600. The lowest BCUT2D eigenvalue weighted by atomic mass is 10.3. The fourth-order valence-corrected chi connectivity index (χ4v) is 3.91. The van der Waals surface area contributed by atoms with Crippen molar-refractivity contribution in [2.24, 2.45) is 0 Å². The predicted molar refractivity (Wildman–Crippen MR) is 113 cm³/mol. The summed E-state index contributed by atoms with van der Waals surface area (Å²) in [5, 5.41) is 0.754. The molecule has 5 heteroatoms. The van der Waals surface area contributed by atoms with Gasteiger partial charge in [0.2, 0.25) is 0 Å². The van der Waals surface area contributed by atoms with Gasteiger partial charge in [-0.2, -0.15) is 0 Å². The highest BCUT2D eigenvalue weighted by Crippen LogP contribution is 2.26. The number of ether oxygens (including phenoxy) is 1. The SMILES string of the molecule is Clc1ccc(SCc2nc3ccccc3n2CCOc2ccccc2)cc1. The number of nitrogens with zero attached hydrogens (tertiary/aromatic N) is 2. The number of rotatable bonds is 7. The second kappa shape index (κ2) is 8.51. The Labute approximate surface area is 168 Å². The fourth-order valence-electron chi connectivity index (χ4n) is 2.94. The molecule has 0 N–H and O–H groups in total. The van der Waals surface area contributed by atoms with Crippen molar-refractivity contribution in [1.29, 1.82) is 0 Å². The van der Waals surface area contributed by atoms with Crippen molar-refractivity contribution >= 4 is 34.4 Å². The molecule has 0 aliphatic carbocycles. The highest BCUT2D eigenvalue weighted by Gasteiger charge is 2.11. The molecule has 4 aromatic rings. The molecule has 1 aromatic heterocycles. The highest BCUT2D eigenvalue weighted by molar-refractivity contribution is 7.98. The summed E-state index contributed by atoms with van der Waals surface area (Å²) in [4.78, 5) is 6.01. The molecule has 0 spiro atoms. The van der Waals surface area contributed by atoms with Crippen molar-refractivity contribution in [3.63, 3.8) is 0 Å². The van der Waals surface area contributed by atoms with Crippen molar-refractivity contribution < 1.29 is 4.74 Å². The van der Waals surface area contributed by atoms with E-state index in [4.69, 9.17) is 21.3 Å². The van der Waals surface area contributed by atoms with E-state index in [0.29, 0.717) is 6.61 Å². The van der Waals surface area contributed by atoms with E-state index < -0.39 is 0 Å². The normalized spacial score (nSPS) is 11.0. The number of hydrogen-bond donors (Lipinski definition) is 0. The van der Waals surface area contributed by atoms with Crippen LogP contribution in [0, 0.1) is 0 Å². The van der Waals surface area contributed by atoms with Crippen LogP contribution in [-0.2, 0) is 12.3 Å². The van der Waals surface area contributed by atoms with Gasteiger partial charge < -0.3 is 9.30 Å². The number of halogens is 1. The fraction of sp³-hybridized carbons (Fsp3) is 0.136. The molecule has 136 valence electrons. The number of aromatic nitrogens is 2. The van der Waals surface area contributed by atoms with Crippen LogP contribution in [0.1, 0.15) is 5.82 Å². The van der Waals surface area contributed by atoms with Gasteiger partial charge >= 0.3 is 0 Å². The second-order valence-corrected chi connectivity index (χ2v) is 7.56. The molecule has 0 unspecified atom stereocenters. The molecule has 0 atom stereocenters. The first-order valence-corrected chi connectivity index (χ1v) is 10.2. The van der Waals surface area contributed by atoms with Gasteiger partial charge in [0.1, 0.15) is 18.2 Å². The number of fused-ring (bicyclic) bond motifs is 1. The number of imidazole rings is 1. The minimum absolute atomic E-state index is 0.600. The maximum Gasteiger partial charge on any atom is 0.120 e. The average Bonchev–Trinajstić information content (AvgIpc) is 3.06. The molecule has 0 amide bonds. The Morgan fingerprint density at radius 1 is 0.889 bits per heavy atom. The van der Waals surface area contributed by atoms with E-state index >= 15 is 0 Å². The van der Waals surface area contributed by atoms with E-state index in [1.165, 1.54) is 4.90 Å². The van der Waals surface area contributed by atoms with Crippen LogP contribution in [0.2, 0.25) is 5.02 Å². The lowest BCUT2D eigenvalue weighted by Gasteiger charge is -2.11. The summed E-state index contributed by atoms with van der Waals surface area (Å²) >= 11 is 7.73. The quantitative estimate of drug-likeness (QED) is 0.356. The van der Waals surface area contributed by atoms with Crippen LogP contribution in [0.25, 0.3) is 11.0 Å². The van der Waals surface area contributed by atoms with Gasteiger partial charge in [-0.05, 0) is 48.5 Å². The molecule has 27 heavy (non-hydrogen) atoms. The Bertz CT molecular complexity index is 1020. The summed E-state index contributed by atoms with van der Waals surface area (Å²) in [6.07, 6.45) is 0. The van der Waals surface area contributed by atoms with Crippen molar-refractivity contribution in [3.8, 4) is 5.75 Å². The second-order valence-electron chi connectivity index (χ2n) is 6.07. The molecule has 0 radical (unpaired) electrons. The Morgan fingerprint density at radius 3 is 2.44 bits per heavy atom. The molecular formula is C22H19ClN2OS. The summed E-state index contributed by atoms with van der Waals surface area (Å²) in [6.45, 7) is 1.36. The van der Waals surface area contributed by atoms with Crippen LogP contribution >= 0.6 is 23.4 Å². The van der Waals surface area contributed by atoms with E-state index in [1.54, 1.807) is 11.8 Å². The lowest BCUT2D eigenvalue weighted by molar-refractivity contribution is 0.299. The lowest BCUT2D eigenvalue weighted by Crippen LogP contribution is -2.10. The maximum absolute atomic E-state index is 5.98. The third kappa shape index (κ3) is 4.46. The molecule has 1 heterocycles. The molecule has 0 fully saturated rings. The summed E-state index contributed by atoms with van der Waals surface area (Å²) in [6, 6.07) is 26.1. The number of para-hydroxylation sites is 3. The smallest absolute Gasteiger partial charge is 0.120 e. The number of benzene rings is 3. The molecule has 0 saturated heterocycles. The van der Waals surface area contributed by atoms with Crippen LogP contribution < -0.4 is 4.74 Å². The molecular weight excluding hydrogens is 376 g/mol. The Morgan fingerprint density at radius 2 is 1.63 bits per heavy atom. The molecule has 0 bridgehead atoms. The van der Waals surface area contributed by atoms with Gasteiger partial charge in [0, 0.05) is 9.92 Å². The molecule has 4 rings (SSSR count). The number of hydrogen-bond acceptors (Lipinski definition) is 3. The Balaban J connectivity index is 1.50. The summed E-state index contributed by atoms with van der Waals surface area (Å²) in [7, 11) is 0. The molecule has 0 saturated carbocycles. The average molecular weight is 395 g/mol. The molecule has 0 aliphatic rings. The van der Waals surface area contributed by atoms with Crippen LogP contribution in [0.3, 0.4) is 0 Å². The van der Waals surface area contributed by atoms with Crippen LogP contribution in [-0.4, -0.2) is 16.2 Å². The monoisotopic (exact) mass is 394 g/mol. The van der Waals surface area contributed by atoms with Crippen LogP contribution in [0.15, 0.2) is 83.8 Å². The van der Waals surface area contributed by atoms with E-state index in [9.17, 15) is 0 Å². The predicted octanol–water partition coefficient (Wildman–Crippen LogP) is 6.06. The molecule has 0 aliphatic heterocycles. The Hall–Kier alpha value is -2.43. The van der Waals surface area contributed by atoms with Crippen molar-refractivity contribution in [2.75, 3.05) is 6.61 Å². The summed E-state index contributed by atoms with van der Waals surface area (Å²) < 4.78 is 8.14. The van der Waals surface area contributed by atoms with E-state index in [1.807, 2.05) is 60.7 Å². The third-order valence-corrected chi connectivity index (χ3v) is 5.50. The molecule has 3 aromatic carbocycles. The summed E-state index contributed by atoms with van der Waals surface area (Å²) in [5.74, 6) is 2.73. The first-order valence-electron chi connectivity index (χ1n) is 8.80.